The molecule has 0 unspecified atom stereocenters. The van der Waals surface area contributed by atoms with Gasteiger partial charge in [-0.15, -0.1) is 5.10 Å². The maximum atomic E-state index is 13.0. The van der Waals surface area contributed by atoms with Crippen LogP contribution in [0.1, 0.15) is 54.1 Å². The van der Waals surface area contributed by atoms with Crippen molar-refractivity contribution in [2.75, 3.05) is 5.73 Å². The second kappa shape index (κ2) is 5.67. The Morgan fingerprint density at radius 3 is 2.88 bits per heavy atom. The van der Waals surface area contributed by atoms with Crippen molar-refractivity contribution in [3.8, 4) is 5.75 Å². The smallest absolute Gasteiger partial charge is 0.282 e. The van der Waals surface area contributed by atoms with E-state index in [0.717, 1.165) is 18.5 Å². The molecule has 4 rings (SSSR count). The van der Waals surface area contributed by atoms with Crippen molar-refractivity contribution in [1.29, 1.82) is 0 Å². The lowest BCUT2D eigenvalue weighted by molar-refractivity contribution is 0.0949. The molecule has 7 nitrogen and oxygen atoms in total. The third-order valence-electron chi connectivity index (χ3n) is 4.80. The highest BCUT2D eigenvalue weighted by Crippen LogP contribution is 2.34. The van der Waals surface area contributed by atoms with Crippen LogP contribution in [-0.2, 0) is 0 Å². The number of nitrogens with zero attached hydrogens (tertiary/aromatic N) is 3. The van der Waals surface area contributed by atoms with E-state index in [1.54, 1.807) is 12.3 Å². The standard InChI is InChI=1S/C17H19N5O2/c18-16-12-7-6-11(23)8-14(12)22(21-16)17(24)13-9-19-20-15(13)10-4-2-1-3-5-10/h6-10,23H,1-5H2,(H2,18,21)(H,19,20). The number of hydrogen-bond acceptors (Lipinski definition) is 5. The molecule has 1 saturated carbocycles. The molecular weight excluding hydrogens is 306 g/mol. The van der Waals surface area contributed by atoms with Crippen molar-refractivity contribution in [2.24, 2.45) is 0 Å². The molecule has 124 valence electrons. The highest BCUT2D eigenvalue weighted by atomic mass is 16.3. The third kappa shape index (κ3) is 2.33. The summed E-state index contributed by atoms with van der Waals surface area (Å²) in [6.07, 6.45) is 7.26. The van der Waals surface area contributed by atoms with E-state index in [-0.39, 0.29) is 17.5 Å². The highest BCUT2D eigenvalue weighted by molar-refractivity contribution is 6.04. The topological polar surface area (TPSA) is 110 Å². The van der Waals surface area contributed by atoms with Gasteiger partial charge in [0.1, 0.15) is 5.75 Å². The van der Waals surface area contributed by atoms with Gasteiger partial charge >= 0.3 is 0 Å². The molecule has 0 bridgehead atoms. The highest BCUT2D eigenvalue weighted by Gasteiger charge is 2.26. The number of phenols is 1. The third-order valence-corrected chi connectivity index (χ3v) is 4.80. The molecule has 1 fully saturated rings. The van der Waals surface area contributed by atoms with E-state index in [1.807, 2.05) is 0 Å². The molecule has 1 aliphatic carbocycles. The Bertz CT molecular complexity index is 905. The maximum Gasteiger partial charge on any atom is 0.282 e. The fraction of sp³-hybridized carbons (Fsp3) is 0.353. The largest absolute Gasteiger partial charge is 0.508 e. The van der Waals surface area contributed by atoms with Crippen molar-refractivity contribution < 1.29 is 9.90 Å². The average Bonchev–Trinajstić information content (AvgIpc) is 3.20. The van der Waals surface area contributed by atoms with Crippen molar-refractivity contribution in [2.45, 2.75) is 38.0 Å². The lowest BCUT2D eigenvalue weighted by Crippen LogP contribution is -2.17. The van der Waals surface area contributed by atoms with Crippen LogP contribution in [0.15, 0.2) is 24.4 Å². The van der Waals surface area contributed by atoms with Gasteiger partial charge in [0.05, 0.1) is 23.0 Å². The Kier molecular flexibility index (Phi) is 3.48. The number of fused-ring (bicyclic) bond motifs is 1. The summed E-state index contributed by atoms with van der Waals surface area (Å²) in [5.41, 5.74) is 7.80. The number of rotatable bonds is 2. The van der Waals surface area contributed by atoms with Gasteiger partial charge in [0.2, 0.25) is 0 Å². The van der Waals surface area contributed by atoms with Crippen LogP contribution in [0.2, 0.25) is 0 Å². The van der Waals surface area contributed by atoms with E-state index in [2.05, 4.69) is 15.3 Å². The molecule has 24 heavy (non-hydrogen) atoms. The summed E-state index contributed by atoms with van der Waals surface area (Å²) < 4.78 is 1.25. The van der Waals surface area contributed by atoms with Crippen LogP contribution in [0.25, 0.3) is 10.9 Å². The number of phenolic OH excluding ortho intramolecular Hbond substituents is 1. The van der Waals surface area contributed by atoms with Gasteiger partial charge in [-0.2, -0.15) is 9.78 Å². The normalized spacial score (nSPS) is 15.8. The molecule has 0 aliphatic heterocycles. The molecule has 3 aromatic rings. The molecule has 0 amide bonds. The van der Waals surface area contributed by atoms with E-state index in [4.69, 9.17) is 5.73 Å². The van der Waals surface area contributed by atoms with E-state index in [1.165, 1.54) is 36.1 Å². The Labute approximate surface area is 138 Å². The maximum absolute atomic E-state index is 13.0. The Morgan fingerprint density at radius 2 is 2.08 bits per heavy atom. The van der Waals surface area contributed by atoms with Gasteiger partial charge in [0.25, 0.3) is 5.91 Å². The molecule has 1 aromatic carbocycles. The van der Waals surface area contributed by atoms with Gasteiger partial charge in [0.15, 0.2) is 5.82 Å². The van der Waals surface area contributed by atoms with E-state index in [9.17, 15) is 9.90 Å². The Morgan fingerprint density at radius 1 is 1.29 bits per heavy atom. The van der Waals surface area contributed by atoms with Gasteiger partial charge in [-0.1, -0.05) is 19.3 Å². The summed E-state index contributed by atoms with van der Waals surface area (Å²) >= 11 is 0. The molecule has 0 saturated heterocycles. The Balaban J connectivity index is 1.77. The SMILES string of the molecule is Nc1nn(C(=O)c2cn[nH]c2C2CCCCC2)c2cc(O)ccc12. The molecule has 2 heterocycles. The minimum atomic E-state index is -0.281. The summed E-state index contributed by atoms with van der Waals surface area (Å²) in [5.74, 6) is 0.376. The summed E-state index contributed by atoms with van der Waals surface area (Å²) in [6.45, 7) is 0. The van der Waals surface area contributed by atoms with Crippen molar-refractivity contribution in [1.82, 2.24) is 20.0 Å². The number of aromatic hydroxyl groups is 1. The number of aromatic amines is 1. The average molecular weight is 325 g/mol. The molecule has 7 heteroatoms. The lowest BCUT2D eigenvalue weighted by Gasteiger charge is -2.21. The zero-order chi connectivity index (χ0) is 16.7. The number of nitrogens with one attached hydrogen (secondary N) is 1. The number of aromatic nitrogens is 4. The number of anilines is 1. The minimum absolute atomic E-state index is 0.0659. The molecular formula is C17H19N5O2. The fourth-order valence-corrected chi connectivity index (χ4v) is 3.57. The first-order chi connectivity index (χ1) is 11.6. The number of nitrogens with two attached hydrogens (primary N) is 1. The van der Waals surface area contributed by atoms with Gasteiger partial charge < -0.3 is 10.8 Å². The van der Waals surface area contributed by atoms with Crippen molar-refractivity contribution >= 4 is 22.6 Å². The van der Waals surface area contributed by atoms with Crippen LogP contribution in [0.3, 0.4) is 0 Å². The lowest BCUT2D eigenvalue weighted by atomic mass is 9.85. The zero-order valence-corrected chi connectivity index (χ0v) is 13.2. The fourth-order valence-electron chi connectivity index (χ4n) is 3.57. The van der Waals surface area contributed by atoms with Gasteiger partial charge in [-0.3, -0.25) is 9.89 Å². The summed E-state index contributed by atoms with van der Waals surface area (Å²) in [7, 11) is 0. The van der Waals surface area contributed by atoms with Crippen LogP contribution >= 0.6 is 0 Å². The van der Waals surface area contributed by atoms with Gasteiger partial charge in [-0.25, -0.2) is 0 Å². The molecule has 0 radical (unpaired) electrons. The number of benzene rings is 1. The molecule has 2 aromatic heterocycles. The predicted octanol–water partition coefficient (Wildman–Crippen LogP) is 2.78. The number of carbonyl (C=O) groups is 1. The van der Waals surface area contributed by atoms with Crippen molar-refractivity contribution in [3.05, 3.63) is 35.7 Å². The van der Waals surface area contributed by atoms with E-state index in [0.29, 0.717) is 22.4 Å². The predicted molar refractivity (Wildman–Crippen MR) is 90.0 cm³/mol. The van der Waals surface area contributed by atoms with E-state index < -0.39 is 0 Å². The second-order valence-corrected chi connectivity index (χ2v) is 6.34. The first-order valence-electron chi connectivity index (χ1n) is 8.20. The quantitative estimate of drug-likeness (QED) is 0.671. The van der Waals surface area contributed by atoms with Crippen molar-refractivity contribution in [3.63, 3.8) is 0 Å². The number of nitrogen functional groups attached to an aromatic ring is 1. The second-order valence-electron chi connectivity index (χ2n) is 6.34. The first-order valence-corrected chi connectivity index (χ1v) is 8.20. The number of hydrogen-bond donors (Lipinski definition) is 3. The minimum Gasteiger partial charge on any atom is -0.508 e. The van der Waals surface area contributed by atoms with E-state index >= 15 is 0 Å². The van der Waals surface area contributed by atoms with Gasteiger partial charge in [0, 0.05) is 17.4 Å². The summed E-state index contributed by atoms with van der Waals surface area (Å²) in [4.78, 5) is 13.0. The number of carbonyl (C=O) groups excluding carboxylic acids is 1. The van der Waals surface area contributed by atoms with Crippen LogP contribution in [0, 0.1) is 0 Å². The van der Waals surface area contributed by atoms with Crippen LogP contribution < -0.4 is 5.73 Å². The summed E-state index contributed by atoms with van der Waals surface area (Å²) in [5, 5.41) is 21.6. The molecule has 0 atom stereocenters. The molecule has 4 N–H and O–H groups in total. The first kappa shape index (κ1) is 14.7. The molecule has 0 spiro atoms. The summed E-state index contributed by atoms with van der Waals surface area (Å²) in [6, 6.07) is 4.69. The number of H-pyrrole nitrogens is 1. The van der Waals surface area contributed by atoms with Crippen LogP contribution in [0.5, 0.6) is 5.75 Å². The van der Waals surface area contributed by atoms with Crippen LogP contribution in [-0.4, -0.2) is 31.0 Å². The van der Waals surface area contributed by atoms with Gasteiger partial charge in [-0.05, 0) is 25.0 Å². The monoisotopic (exact) mass is 325 g/mol. The molecule has 1 aliphatic rings. The zero-order valence-electron chi connectivity index (χ0n) is 13.2. The Hall–Kier alpha value is -2.83. The van der Waals surface area contributed by atoms with Crippen LogP contribution in [0.4, 0.5) is 5.82 Å².